The predicted octanol–water partition coefficient (Wildman–Crippen LogP) is 3.10. The fourth-order valence-electron chi connectivity index (χ4n) is 7.93. The molecule has 2 heterocycles. The minimum atomic E-state index is -1.53. The summed E-state index contributed by atoms with van der Waals surface area (Å²) in [6, 6.07) is 1.92. The van der Waals surface area contributed by atoms with Crippen molar-refractivity contribution in [1.82, 2.24) is 0 Å². The fraction of sp³-hybridized carbons (Fsp3) is 0.593. The van der Waals surface area contributed by atoms with Crippen LogP contribution in [0.25, 0.3) is 0 Å². The van der Waals surface area contributed by atoms with E-state index >= 15 is 0 Å². The van der Waals surface area contributed by atoms with Gasteiger partial charge < -0.3 is 23.7 Å². The highest BCUT2D eigenvalue weighted by atomic mass is 16.6. The zero-order valence-electron chi connectivity index (χ0n) is 20.9. The number of hydrogen-bond donors (Lipinski definition) is 1. The van der Waals surface area contributed by atoms with Gasteiger partial charge in [-0.1, -0.05) is 19.4 Å². The summed E-state index contributed by atoms with van der Waals surface area (Å²) in [6.07, 6.45) is 4.68. The van der Waals surface area contributed by atoms with Crippen LogP contribution in [-0.4, -0.2) is 53.9 Å². The summed E-state index contributed by atoms with van der Waals surface area (Å²) in [5.74, 6) is -3.26. The van der Waals surface area contributed by atoms with E-state index in [-0.39, 0.29) is 17.8 Å². The molecule has 5 rings (SSSR count). The van der Waals surface area contributed by atoms with Crippen LogP contribution in [0, 0.1) is 22.7 Å². The van der Waals surface area contributed by atoms with E-state index in [0.29, 0.717) is 6.42 Å². The molecule has 4 aliphatic rings. The number of aliphatic hydroxyl groups is 1. The number of methoxy groups -OCH3 is 1. The molecule has 1 saturated heterocycles. The third-order valence-corrected chi connectivity index (χ3v) is 9.09. The molecular weight excluding hydrogens is 452 g/mol. The van der Waals surface area contributed by atoms with Crippen LogP contribution in [0.2, 0.25) is 0 Å². The average molecular weight is 485 g/mol. The number of esters is 2. The SMILES string of the molecule is COC(=O)[C@H]1[C@]2(C)C3=C(C)[C@H](c4ccoc4)C[C@H]3O[C@@H]2[C@H](OC(C)=O)[C@@H]2[C@]1(C)C(=O)C=C[C@@]2(C)O. The first-order valence-corrected chi connectivity index (χ1v) is 12.0. The number of furan rings is 1. The standard InChI is InChI=1S/C27H32O8/c1-13-16(15-8-10-33-12-15)11-17-19(13)27(5)22(24(30)32-6)26(4)18(29)7-9-25(3,31)21(26)20(23(27)35-17)34-14(2)28/h7-10,12,16-17,20-23,31H,11H2,1-6H3/t16-,17-,20-,21+,22-,23-,25-,26+,27+/m1/s1. The molecule has 0 spiro atoms. The monoisotopic (exact) mass is 484 g/mol. The predicted molar refractivity (Wildman–Crippen MR) is 123 cm³/mol. The van der Waals surface area contributed by atoms with Gasteiger partial charge in [0.25, 0.3) is 0 Å². The van der Waals surface area contributed by atoms with Crippen LogP contribution in [0.3, 0.4) is 0 Å². The summed E-state index contributed by atoms with van der Waals surface area (Å²) < 4.78 is 23.1. The molecule has 0 amide bonds. The highest BCUT2D eigenvalue weighted by molar-refractivity contribution is 6.00. The van der Waals surface area contributed by atoms with Crippen molar-refractivity contribution in [3.05, 3.63) is 47.5 Å². The number of allylic oxidation sites excluding steroid dienone is 2. The van der Waals surface area contributed by atoms with Crippen LogP contribution in [-0.2, 0) is 28.6 Å². The van der Waals surface area contributed by atoms with Crippen molar-refractivity contribution in [3.8, 4) is 0 Å². The molecule has 9 atom stereocenters. The highest BCUT2D eigenvalue weighted by Gasteiger charge is 2.76. The summed E-state index contributed by atoms with van der Waals surface area (Å²) in [6.45, 7) is 8.48. The van der Waals surface area contributed by atoms with E-state index in [0.717, 1.165) is 16.7 Å². The molecular formula is C27H32O8. The second kappa shape index (κ2) is 7.64. The molecule has 0 aromatic carbocycles. The smallest absolute Gasteiger partial charge is 0.310 e. The Bertz CT molecular complexity index is 1140. The lowest BCUT2D eigenvalue weighted by Gasteiger charge is -2.60. The van der Waals surface area contributed by atoms with Gasteiger partial charge in [-0.3, -0.25) is 14.4 Å². The molecule has 3 aliphatic carbocycles. The van der Waals surface area contributed by atoms with Gasteiger partial charge >= 0.3 is 11.9 Å². The summed E-state index contributed by atoms with van der Waals surface area (Å²) in [4.78, 5) is 39.5. The summed E-state index contributed by atoms with van der Waals surface area (Å²) in [7, 11) is 1.30. The van der Waals surface area contributed by atoms with Crippen molar-refractivity contribution >= 4 is 17.7 Å². The van der Waals surface area contributed by atoms with E-state index < -0.39 is 52.4 Å². The van der Waals surface area contributed by atoms with Gasteiger partial charge in [-0.2, -0.15) is 0 Å². The maximum absolute atomic E-state index is 13.6. The number of hydrogen-bond acceptors (Lipinski definition) is 8. The maximum atomic E-state index is 13.6. The lowest BCUT2D eigenvalue weighted by molar-refractivity contribution is -0.234. The van der Waals surface area contributed by atoms with Crippen LogP contribution in [0.1, 0.15) is 52.5 Å². The molecule has 8 heteroatoms. The van der Waals surface area contributed by atoms with Gasteiger partial charge in [0.2, 0.25) is 0 Å². The van der Waals surface area contributed by atoms with Gasteiger partial charge in [-0.25, -0.2) is 0 Å². The van der Waals surface area contributed by atoms with Crippen LogP contribution in [0.5, 0.6) is 0 Å². The Balaban J connectivity index is 1.77. The second-order valence-electron chi connectivity index (χ2n) is 11.0. The molecule has 1 aliphatic heterocycles. The molecule has 2 fully saturated rings. The van der Waals surface area contributed by atoms with Crippen molar-refractivity contribution in [2.45, 2.75) is 70.9 Å². The van der Waals surface area contributed by atoms with E-state index in [1.807, 2.05) is 19.9 Å². The Kier molecular flexibility index (Phi) is 5.24. The van der Waals surface area contributed by atoms with Crippen LogP contribution < -0.4 is 0 Å². The third-order valence-electron chi connectivity index (χ3n) is 9.09. The second-order valence-corrected chi connectivity index (χ2v) is 11.0. The summed E-state index contributed by atoms with van der Waals surface area (Å²) in [5, 5.41) is 11.5. The minimum absolute atomic E-state index is 0.0348. The topological polar surface area (TPSA) is 112 Å². The lowest BCUT2D eigenvalue weighted by Crippen LogP contribution is -2.71. The van der Waals surface area contributed by atoms with Gasteiger partial charge in [-0.05, 0) is 49.6 Å². The van der Waals surface area contributed by atoms with Gasteiger partial charge in [0.1, 0.15) is 12.2 Å². The Morgan fingerprint density at radius 1 is 1.20 bits per heavy atom. The van der Waals surface area contributed by atoms with E-state index in [1.165, 1.54) is 26.2 Å². The van der Waals surface area contributed by atoms with E-state index in [1.54, 1.807) is 26.4 Å². The third kappa shape index (κ3) is 3.02. The molecule has 188 valence electrons. The Morgan fingerprint density at radius 3 is 2.51 bits per heavy atom. The largest absolute Gasteiger partial charge is 0.472 e. The van der Waals surface area contributed by atoms with Gasteiger partial charge in [0, 0.05) is 24.2 Å². The Morgan fingerprint density at radius 2 is 1.91 bits per heavy atom. The number of ether oxygens (including phenoxy) is 3. The normalized spacial score (nSPS) is 44.0. The van der Waals surface area contributed by atoms with Crippen LogP contribution in [0.4, 0.5) is 0 Å². The lowest BCUT2D eigenvalue weighted by atomic mass is 9.43. The number of carbonyl (C=O) groups excluding carboxylic acids is 3. The van der Waals surface area contributed by atoms with Gasteiger partial charge in [0.05, 0.1) is 42.7 Å². The summed E-state index contributed by atoms with van der Waals surface area (Å²) >= 11 is 0. The molecule has 1 aromatic rings. The molecule has 0 unspecified atom stereocenters. The quantitative estimate of drug-likeness (QED) is 0.515. The highest BCUT2D eigenvalue weighted by Crippen LogP contribution is 2.68. The molecule has 8 nitrogen and oxygen atoms in total. The zero-order valence-corrected chi connectivity index (χ0v) is 20.9. The first-order chi connectivity index (χ1) is 16.4. The average Bonchev–Trinajstić information content (AvgIpc) is 3.47. The maximum Gasteiger partial charge on any atom is 0.310 e. The fourth-order valence-corrected chi connectivity index (χ4v) is 7.93. The molecule has 0 radical (unpaired) electrons. The molecule has 1 saturated carbocycles. The van der Waals surface area contributed by atoms with Crippen molar-refractivity contribution in [3.63, 3.8) is 0 Å². The van der Waals surface area contributed by atoms with Crippen molar-refractivity contribution in [2.75, 3.05) is 7.11 Å². The molecule has 1 aromatic heterocycles. The first kappa shape index (κ1) is 24.0. The minimum Gasteiger partial charge on any atom is -0.472 e. The Hall–Kier alpha value is -2.71. The zero-order chi connectivity index (χ0) is 25.5. The number of rotatable bonds is 3. The van der Waals surface area contributed by atoms with E-state index in [4.69, 9.17) is 18.6 Å². The van der Waals surface area contributed by atoms with E-state index in [2.05, 4.69) is 0 Å². The number of fused-ring (bicyclic) bond motifs is 4. The molecule has 1 N–H and O–H groups in total. The van der Waals surface area contributed by atoms with Crippen molar-refractivity contribution < 1.29 is 38.1 Å². The molecule has 35 heavy (non-hydrogen) atoms. The first-order valence-electron chi connectivity index (χ1n) is 12.0. The van der Waals surface area contributed by atoms with Gasteiger partial charge in [-0.15, -0.1) is 0 Å². The Labute approximate surface area is 204 Å². The number of ketones is 1. The number of carbonyl (C=O) groups is 3. The van der Waals surface area contributed by atoms with Crippen LogP contribution in [0.15, 0.2) is 46.3 Å². The molecule has 0 bridgehead atoms. The van der Waals surface area contributed by atoms with Crippen LogP contribution >= 0.6 is 0 Å². The van der Waals surface area contributed by atoms with E-state index in [9.17, 15) is 19.5 Å². The summed E-state index contributed by atoms with van der Waals surface area (Å²) in [5.41, 5.74) is -0.954. The van der Waals surface area contributed by atoms with Crippen molar-refractivity contribution in [2.24, 2.45) is 22.7 Å². The van der Waals surface area contributed by atoms with Crippen molar-refractivity contribution in [1.29, 1.82) is 0 Å². The van der Waals surface area contributed by atoms with Gasteiger partial charge in [0.15, 0.2) is 5.78 Å².